The molecule has 1 atom stereocenters. The van der Waals surface area contributed by atoms with Gasteiger partial charge < -0.3 is 5.11 Å². The zero-order chi connectivity index (χ0) is 11.8. The predicted molar refractivity (Wildman–Crippen MR) is 64.9 cm³/mol. The van der Waals surface area contributed by atoms with Crippen LogP contribution in [-0.2, 0) is 22.0 Å². The van der Waals surface area contributed by atoms with Crippen molar-refractivity contribution in [2.24, 2.45) is 0 Å². The normalized spacial score (nSPS) is 12.2. The molecule has 0 aliphatic carbocycles. The van der Waals surface area contributed by atoms with E-state index in [4.69, 9.17) is 5.11 Å². The molecule has 0 aromatic heterocycles. The van der Waals surface area contributed by atoms with Gasteiger partial charge in [-0.1, -0.05) is 30.3 Å². The topological polar surface area (TPSA) is 54.4 Å². The van der Waals surface area contributed by atoms with Gasteiger partial charge in [0.2, 0.25) is 0 Å². The van der Waals surface area contributed by atoms with E-state index < -0.39 is 16.8 Å². The van der Waals surface area contributed by atoms with E-state index in [0.29, 0.717) is 5.75 Å². The standard InChI is InChI=1S/C12H16O3S/c13-12(14)10-16(15)9-5-4-8-11-6-2-1-3-7-11/h1-3,6-7H,4-5,8-10H2,(H,13,14). The first-order valence-corrected chi connectivity index (χ1v) is 6.78. The molecule has 0 aliphatic heterocycles. The molecule has 0 saturated heterocycles. The second-order valence-corrected chi connectivity index (χ2v) is 5.20. The lowest BCUT2D eigenvalue weighted by molar-refractivity contribution is -0.133. The number of carbonyl (C=O) groups is 1. The highest BCUT2D eigenvalue weighted by Crippen LogP contribution is 2.04. The van der Waals surface area contributed by atoms with Gasteiger partial charge in [-0.05, 0) is 24.8 Å². The van der Waals surface area contributed by atoms with E-state index in [0.717, 1.165) is 19.3 Å². The van der Waals surface area contributed by atoms with E-state index in [1.165, 1.54) is 5.56 Å². The number of carboxylic acid groups (broad SMARTS) is 1. The molecule has 1 unspecified atom stereocenters. The Bertz CT molecular complexity index is 349. The third kappa shape index (κ3) is 5.66. The maximum atomic E-state index is 11.2. The highest BCUT2D eigenvalue weighted by Gasteiger charge is 2.04. The molecule has 0 radical (unpaired) electrons. The van der Waals surface area contributed by atoms with Gasteiger partial charge in [0.1, 0.15) is 5.75 Å². The maximum Gasteiger partial charge on any atom is 0.316 e. The van der Waals surface area contributed by atoms with Crippen LogP contribution < -0.4 is 0 Å². The van der Waals surface area contributed by atoms with E-state index >= 15 is 0 Å². The van der Waals surface area contributed by atoms with Crippen LogP contribution in [-0.4, -0.2) is 26.8 Å². The summed E-state index contributed by atoms with van der Waals surface area (Å²) in [6.45, 7) is 0. The molecule has 16 heavy (non-hydrogen) atoms. The third-order valence-corrected chi connectivity index (χ3v) is 3.53. The summed E-state index contributed by atoms with van der Waals surface area (Å²) in [5.74, 6) is -0.730. The van der Waals surface area contributed by atoms with Crippen LogP contribution in [0.3, 0.4) is 0 Å². The van der Waals surface area contributed by atoms with Gasteiger partial charge in [0, 0.05) is 16.6 Å². The van der Waals surface area contributed by atoms with E-state index in [1.807, 2.05) is 18.2 Å². The van der Waals surface area contributed by atoms with Gasteiger partial charge in [0.05, 0.1) is 0 Å². The number of hydrogen-bond acceptors (Lipinski definition) is 2. The number of aryl methyl sites for hydroxylation is 1. The number of unbranched alkanes of at least 4 members (excludes halogenated alkanes) is 1. The van der Waals surface area contributed by atoms with E-state index in [2.05, 4.69) is 12.1 Å². The first kappa shape index (κ1) is 12.9. The van der Waals surface area contributed by atoms with Gasteiger partial charge in [-0.3, -0.25) is 9.00 Å². The Morgan fingerprint density at radius 3 is 2.50 bits per heavy atom. The van der Waals surface area contributed by atoms with Crippen molar-refractivity contribution in [2.45, 2.75) is 19.3 Å². The number of hydrogen-bond donors (Lipinski definition) is 1. The molecule has 88 valence electrons. The second-order valence-electron chi connectivity index (χ2n) is 3.62. The molecule has 4 heteroatoms. The first-order valence-electron chi connectivity index (χ1n) is 5.29. The minimum absolute atomic E-state index is 0.231. The Hall–Kier alpha value is -1.16. The largest absolute Gasteiger partial charge is 0.481 e. The minimum Gasteiger partial charge on any atom is -0.481 e. The molecule has 0 bridgehead atoms. The maximum absolute atomic E-state index is 11.2. The van der Waals surface area contributed by atoms with Crippen LogP contribution in [0, 0.1) is 0 Å². The average molecular weight is 240 g/mol. The average Bonchev–Trinajstić information content (AvgIpc) is 2.25. The molecule has 1 rings (SSSR count). The Kier molecular flexibility index (Phi) is 5.78. The quantitative estimate of drug-likeness (QED) is 0.740. The van der Waals surface area contributed by atoms with Gasteiger partial charge in [0.25, 0.3) is 0 Å². The molecule has 0 amide bonds. The highest BCUT2D eigenvalue weighted by molar-refractivity contribution is 7.85. The number of benzene rings is 1. The fraction of sp³-hybridized carbons (Fsp3) is 0.417. The smallest absolute Gasteiger partial charge is 0.316 e. The molecule has 1 aromatic carbocycles. The van der Waals surface area contributed by atoms with Crippen molar-refractivity contribution >= 4 is 16.8 Å². The Labute approximate surface area is 98.0 Å². The van der Waals surface area contributed by atoms with Crippen LogP contribution in [0.4, 0.5) is 0 Å². The molecule has 1 N–H and O–H groups in total. The summed E-state index contributed by atoms with van der Waals surface area (Å²) in [6.07, 6.45) is 2.73. The van der Waals surface area contributed by atoms with Crippen molar-refractivity contribution in [3.8, 4) is 0 Å². The van der Waals surface area contributed by atoms with Crippen molar-refractivity contribution in [2.75, 3.05) is 11.5 Å². The molecular formula is C12H16O3S. The summed E-state index contributed by atoms with van der Waals surface area (Å²) < 4.78 is 11.2. The highest BCUT2D eigenvalue weighted by atomic mass is 32.2. The Balaban J connectivity index is 2.13. The van der Waals surface area contributed by atoms with Gasteiger partial charge in [-0.2, -0.15) is 0 Å². The lowest BCUT2D eigenvalue weighted by atomic mass is 10.1. The summed E-state index contributed by atoms with van der Waals surface area (Å²) in [6, 6.07) is 10.1. The third-order valence-electron chi connectivity index (χ3n) is 2.21. The molecule has 1 aromatic rings. The van der Waals surface area contributed by atoms with Crippen molar-refractivity contribution in [3.63, 3.8) is 0 Å². The van der Waals surface area contributed by atoms with Crippen molar-refractivity contribution in [3.05, 3.63) is 35.9 Å². The van der Waals surface area contributed by atoms with Crippen molar-refractivity contribution in [1.82, 2.24) is 0 Å². The fourth-order valence-electron chi connectivity index (χ4n) is 1.45. The van der Waals surface area contributed by atoms with Crippen molar-refractivity contribution < 1.29 is 14.1 Å². The van der Waals surface area contributed by atoms with Crippen LogP contribution in [0.25, 0.3) is 0 Å². The molecule has 0 aliphatic rings. The summed E-state index contributed by atoms with van der Waals surface area (Å²) in [4.78, 5) is 10.3. The first-order chi connectivity index (χ1) is 7.68. The van der Waals surface area contributed by atoms with E-state index in [1.54, 1.807) is 0 Å². The fourth-order valence-corrected chi connectivity index (χ4v) is 2.39. The van der Waals surface area contributed by atoms with Crippen LogP contribution in [0.5, 0.6) is 0 Å². The summed E-state index contributed by atoms with van der Waals surface area (Å²) in [7, 11) is -1.21. The van der Waals surface area contributed by atoms with Crippen molar-refractivity contribution in [1.29, 1.82) is 0 Å². The van der Waals surface area contributed by atoms with Gasteiger partial charge in [-0.15, -0.1) is 0 Å². The lowest BCUT2D eigenvalue weighted by Crippen LogP contribution is -2.11. The van der Waals surface area contributed by atoms with Gasteiger partial charge in [0.15, 0.2) is 0 Å². The molecule has 3 nitrogen and oxygen atoms in total. The van der Waals surface area contributed by atoms with Crippen LogP contribution in [0.1, 0.15) is 18.4 Å². The number of rotatable bonds is 7. The van der Waals surface area contributed by atoms with E-state index in [9.17, 15) is 9.00 Å². The lowest BCUT2D eigenvalue weighted by Gasteiger charge is -2.01. The Morgan fingerprint density at radius 2 is 1.88 bits per heavy atom. The summed E-state index contributed by atoms with van der Waals surface area (Å²) >= 11 is 0. The summed E-state index contributed by atoms with van der Waals surface area (Å²) in [5, 5.41) is 8.43. The molecule has 0 spiro atoms. The summed E-state index contributed by atoms with van der Waals surface area (Å²) in [5.41, 5.74) is 1.27. The minimum atomic E-state index is -1.21. The zero-order valence-electron chi connectivity index (χ0n) is 9.09. The zero-order valence-corrected chi connectivity index (χ0v) is 9.91. The molecule has 0 heterocycles. The second kappa shape index (κ2) is 7.17. The van der Waals surface area contributed by atoms with Crippen LogP contribution in [0.2, 0.25) is 0 Å². The van der Waals surface area contributed by atoms with Gasteiger partial charge >= 0.3 is 5.97 Å². The van der Waals surface area contributed by atoms with E-state index in [-0.39, 0.29) is 5.75 Å². The number of aliphatic carboxylic acids is 1. The monoisotopic (exact) mass is 240 g/mol. The molecule has 0 fully saturated rings. The predicted octanol–water partition coefficient (Wildman–Crippen LogP) is 1.84. The molecular weight excluding hydrogens is 224 g/mol. The van der Waals surface area contributed by atoms with Gasteiger partial charge in [-0.25, -0.2) is 0 Å². The SMILES string of the molecule is O=C(O)CS(=O)CCCCc1ccccc1. The van der Waals surface area contributed by atoms with Crippen LogP contribution >= 0.6 is 0 Å². The molecule has 0 saturated carbocycles. The van der Waals surface area contributed by atoms with Crippen LogP contribution in [0.15, 0.2) is 30.3 Å². The Morgan fingerprint density at radius 1 is 1.19 bits per heavy atom. The number of carboxylic acids is 1.